The molecule has 1 fully saturated rings. The molecule has 2 amide bonds. The lowest BCUT2D eigenvalue weighted by atomic mass is 10.1. The van der Waals surface area contributed by atoms with E-state index in [-0.39, 0.29) is 17.7 Å². The fourth-order valence-electron chi connectivity index (χ4n) is 2.39. The molecule has 0 aliphatic heterocycles. The maximum absolute atomic E-state index is 12.0. The highest BCUT2D eigenvalue weighted by Crippen LogP contribution is 2.30. The van der Waals surface area contributed by atoms with Crippen LogP contribution >= 0.6 is 0 Å². The quantitative estimate of drug-likeness (QED) is 0.856. The molecular weight excluding hydrogens is 288 g/mol. The first-order valence-corrected chi connectivity index (χ1v) is 7.95. The van der Waals surface area contributed by atoms with Crippen LogP contribution in [-0.4, -0.2) is 11.8 Å². The van der Waals surface area contributed by atoms with Crippen LogP contribution in [0.25, 0.3) is 0 Å². The molecule has 3 rings (SSSR count). The highest BCUT2D eigenvalue weighted by atomic mass is 16.2. The second-order valence-electron chi connectivity index (χ2n) is 5.88. The lowest BCUT2D eigenvalue weighted by Crippen LogP contribution is -2.15. The zero-order valence-corrected chi connectivity index (χ0v) is 12.9. The van der Waals surface area contributed by atoms with E-state index in [0.717, 1.165) is 24.1 Å². The normalized spacial score (nSPS) is 13.4. The van der Waals surface area contributed by atoms with Gasteiger partial charge in [-0.2, -0.15) is 0 Å². The van der Waals surface area contributed by atoms with Gasteiger partial charge in [0.15, 0.2) is 0 Å². The zero-order chi connectivity index (χ0) is 16.1. The van der Waals surface area contributed by atoms with Crippen molar-refractivity contribution in [1.82, 2.24) is 0 Å². The summed E-state index contributed by atoms with van der Waals surface area (Å²) in [5, 5.41) is 5.77. The summed E-state index contributed by atoms with van der Waals surface area (Å²) >= 11 is 0. The molecule has 1 aliphatic rings. The highest BCUT2D eigenvalue weighted by Gasteiger charge is 2.29. The highest BCUT2D eigenvalue weighted by molar-refractivity contribution is 5.95. The van der Waals surface area contributed by atoms with E-state index in [1.807, 2.05) is 48.5 Å². The minimum Gasteiger partial charge on any atom is -0.326 e. The summed E-state index contributed by atoms with van der Waals surface area (Å²) in [5.41, 5.74) is 2.58. The Morgan fingerprint density at radius 1 is 0.913 bits per heavy atom. The van der Waals surface area contributed by atoms with Crippen LogP contribution in [0.1, 0.15) is 24.8 Å². The lowest BCUT2D eigenvalue weighted by Gasteiger charge is -2.09. The van der Waals surface area contributed by atoms with Crippen molar-refractivity contribution in [3.8, 4) is 0 Å². The van der Waals surface area contributed by atoms with E-state index in [1.54, 1.807) is 6.07 Å². The molecule has 4 heteroatoms. The van der Waals surface area contributed by atoms with Crippen molar-refractivity contribution in [2.45, 2.75) is 25.7 Å². The van der Waals surface area contributed by atoms with Gasteiger partial charge in [-0.05, 0) is 43.0 Å². The molecule has 23 heavy (non-hydrogen) atoms. The molecule has 1 saturated carbocycles. The molecule has 2 aromatic carbocycles. The fraction of sp³-hybridized carbons (Fsp3) is 0.263. The van der Waals surface area contributed by atoms with E-state index in [2.05, 4.69) is 10.6 Å². The number of hydrogen-bond acceptors (Lipinski definition) is 2. The zero-order valence-electron chi connectivity index (χ0n) is 12.9. The van der Waals surface area contributed by atoms with Gasteiger partial charge in [0, 0.05) is 23.7 Å². The molecule has 0 aromatic heterocycles. The van der Waals surface area contributed by atoms with Gasteiger partial charge in [-0.15, -0.1) is 0 Å². The number of anilines is 2. The van der Waals surface area contributed by atoms with Crippen molar-refractivity contribution in [3.63, 3.8) is 0 Å². The average molecular weight is 308 g/mol. The van der Waals surface area contributed by atoms with Gasteiger partial charge in [-0.25, -0.2) is 0 Å². The van der Waals surface area contributed by atoms with E-state index >= 15 is 0 Å². The molecular formula is C19H20N2O2. The minimum absolute atomic E-state index is 0.0282. The third-order valence-corrected chi connectivity index (χ3v) is 3.85. The summed E-state index contributed by atoms with van der Waals surface area (Å²) in [6.45, 7) is 0. The Kier molecular flexibility index (Phi) is 4.71. The van der Waals surface area contributed by atoms with E-state index in [1.165, 1.54) is 0 Å². The predicted octanol–water partition coefficient (Wildman–Crippen LogP) is 3.61. The van der Waals surface area contributed by atoms with Crippen LogP contribution in [0.4, 0.5) is 11.4 Å². The number of carbonyl (C=O) groups is 2. The summed E-state index contributed by atoms with van der Waals surface area (Å²) in [7, 11) is 0. The van der Waals surface area contributed by atoms with Crippen LogP contribution in [0.5, 0.6) is 0 Å². The molecule has 2 N–H and O–H groups in total. The summed E-state index contributed by atoms with van der Waals surface area (Å²) in [4.78, 5) is 23.8. The van der Waals surface area contributed by atoms with E-state index in [9.17, 15) is 9.59 Å². The van der Waals surface area contributed by atoms with Gasteiger partial charge in [-0.1, -0.05) is 36.4 Å². The first-order valence-electron chi connectivity index (χ1n) is 7.95. The molecule has 0 spiro atoms. The monoisotopic (exact) mass is 308 g/mol. The molecule has 0 heterocycles. The SMILES string of the molecule is O=C(CCc1ccccc1)Nc1cccc(NC(=O)C2CC2)c1. The predicted molar refractivity (Wildman–Crippen MR) is 91.2 cm³/mol. The van der Waals surface area contributed by atoms with Gasteiger partial charge in [0.2, 0.25) is 11.8 Å². The number of carbonyl (C=O) groups excluding carboxylic acids is 2. The Balaban J connectivity index is 1.52. The van der Waals surface area contributed by atoms with Gasteiger partial charge >= 0.3 is 0 Å². The molecule has 0 bridgehead atoms. The summed E-state index contributed by atoms with van der Waals surface area (Å²) in [6.07, 6.45) is 3.09. The van der Waals surface area contributed by atoms with Crippen LogP contribution in [0, 0.1) is 5.92 Å². The van der Waals surface area contributed by atoms with Crippen LogP contribution in [-0.2, 0) is 16.0 Å². The molecule has 0 atom stereocenters. The van der Waals surface area contributed by atoms with Gasteiger partial charge in [0.05, 0.1) is 0 Å². The molecule has 0 unspecified atom stereocenters. The Hall–Kier alpha value is -2.62. The molecule has 1 aliphatic carbocycles. The maximum Gasteiger partial charge on any atom is 0.227 e. The molecule has 0 radical (unpaired) electrons. The number of aryl methyl sites for hydroxylation is 1. The Bertz CT molecular complexity index is 694. The standard InChI is InChI=1S/C19H20N2O2/c22-18(12-9-14-5-2-1-3-6-14)20-16-7-4-8-17(13-16)21-19(23)15-10-11-15/h1-8,13,15H,9-12H2,(H,20,22)(H,21,23). The van der Waals surface area contributed by atoms with Gasteiger partial charge in [0.25, 0.3) is 0 Å². The molecule has 0 saturated heterocycles. The van der Waals surface area contributed by atoms with Crippen molar-refractivity contribution in [2.24, 2.45) is 5.92 Å². The van der Waals surface area contributed by atoms with Crippen molar-refractivity contribution in [3.05, 3.63) is 60.2 Å². The van der Waals surface area contributed by atoms with Gasteiger partial charge in [-0.3, -0.25) is 9.59 Å². The first kappa shape index (κ1) is 15.3. The summed E-state index contributed by atoms with van der Waals surface area (Å²) in [5.74, 6) is 0.205. The maximum atomic E-state index is 12.0. The van der Waals surface area contributed by atoms with Crippen LogP contribution in [0.2, 0.25) is 0 Å². The number of nitrogens with one attached hydrogen (secondary N) is 2. The van der Waals surface area contributed by atoms with Crippen molar-refractivity contribution < 1.29 is 9.59 Å². The molecule has 2 aromatic rings. The Morgan fingerprint density at radius 3 is 2.30 bits per heavy atom. The van der Waals surface area contributed by atoms with Crippen molar-refractivity contribution in [2.75, 3.05) is 10.6 Å². The van der Waals surface area contributed by atoms with Gasteiger partial charge in [0.1, 0.15) is 0 Å². The number of hydrogen-bond donors (Lipinski definition) is 2. The topological polar surface area (TPSA) is 58.2 Å². The number of rotatable bonds is 6. The average Bonchev–Trinajstić information content (AvgIpc) is 3.39. The van der Waals surface area contributed by atoms with Crippen LogP contribution in [0.15, 0.2) is 54.6 Å². The van der Waals surface area contributed by atoms with E-state index in [0.29, 0.717) is 18.5 Å². The largest absolute Gasteiger partial charge is 0.326 e. The molecule has 118 valence electrons. The minimum atomic E-state index is -0.0282. The van der Waals surface area contributed by atoms with E-state index < -0.39 is 0 Å². The Morgan fingerprint density at radius 2 is 1.61 bits per heavy atom. The second-order valence-corrected chi connectivity index (χ2v) is 5.88. The van der Waals surface area contributed by atoms with Gasteiger partial charge < -0.3 is 10.6 Å². The third kappa shape index (κ3) is 4.68. The number of amides is 2. The summed E-state index contributed by atoms with van der Waals surface area (Å²) < 4.78 is 0. The third-order valence-electron chi connectivity index (χ3n) is 3.85. The smallest absolute Gasteiger partial charge is 0.227 e. The summed E-state index contributed by atoms with van der Waals surface area (Å²) in [6, 6.07) is 17.2. The van der Waals surface area contributed by atoms with Crippen LogP contribution < -0.4 is 10.6 Å². The second kappa shape index (κ2) is 7.09. The first-order chi connectivity index (χ1) is 11.2. The van der Waals surface area contributed by atoms with Crippen molar-refractivity contribution in [1.29, 1.82) is 0 Å². The van der Waals surface area contributed by atoms with E-state index in [4.69, 9.17) is 0 Å². The fourth-order valence-corrected chi connectivity index (χ4v) is 2.39. The van der Waals surface area contributed by atoms with Crippen molar-refractivity contribution >= 4 is 23.2 Å². The van der Waals surface area contributed by atoms with Crippen LogP contribution in [0.3, 0.4) is 0 Å². The lowest BCUT2D eigenvalue weighted by molar-refractivity contribution is -0.117. The Labute approximate surface area is 135 Å². The molecule has 4 nitrogen and oxygen atoms in total. The number of benzene rings is 2.